The highest BCUT2D eigenvalue weighted by atomic mass is 32.1. The second-order valence-electron chi connectivity index (χ2n) is 3.69. The zero-order valence-corrected chi connectivity index (χ0v) is 10.4. The van der Waals surface area contributed by atoms with Crippen molar-refractivity contribution in [3.63, 3.8) is 0 Å². The van der Waals surface area contributed by atoms with Crippen LogP contribution in [-0.4, -0.2) is 13.1 Å². The predicted octanol–water partition coefficient (Wildman–Crippen LogP) is 2.53. The topological polar surface area (TPSA) is 38.0 Å². The summed E-state index contributed by atoms with van der Waals surface area (Å²) in [7, 11) is 0. The first-order valence-electron chi connectivity index (χ1n) is 5.30. The van der Waals surface area contributed by atoms with E-state index in [9.17, 15) is 0 Å². The zero-order chi connectivity index (χ0) is 11.3. The van der Waals surface area contributed by atoms with Crippen LogP contribution in [0.4, 0.5) is 0 Å². The number of thiophene rings is 1. The molecule has 3 heteroatoms. The van der Waals surface area contributed by atoms with Crippen LogP contribution < -0.4 is 11.1 Å². The lowest BCUT2D eigenvalue weighted by Crippen LogP contribution is -2.28. The van der Waals surface area contributed by atoms with Crippen molar-refractivity contribution in [3.05, 3.63) is 34.0 Å². The van der Waals surface area contributed by atoms with E-state index in [1.165, 1.54) is 15.3 Å². The zero-order valence-electron chi connectivity index (χ0n) is 9.55. The Morgan fingerprint density at radius 1 is 1.60 bits per heavy atom. The van der Waals surface area contributed by atoms with Gasteiger partial charge in [-0.3, -0.25) is 0 Å². The minimum atomic E-state index is 0.287. The van der Waals surface area contributed by atoms with Gasteiger partial charge < -0.3 is 11.1 Å². The van der Waals surface area contributed by atoms with Crippen LogP contribution in [0.3, 0.4) is 0 Å². The number of nitrogens with one attached hydrogen (secondary N) is 1. The summed E-state index contributed by atoms with van der Waals surface area (Å²) in [4.78, 5) is 2.72. The summed E-state index contributed by atoms with van der Waals surface area (Å²) in [5.74, 6) is 0. The molecule has 1 heterocycles. The summed E-state index contributed by atoms with van der Waals surface area (Å²) in [6.45, 7) is 9.59. The average molecular weight is 224 g/mol. The quantitative estimate of drug-likeness (QED) is 0.575. The monoisotopic (exact) mass is 224 g/mol. The van der Waals surface area contributed by atoms with Crippen LogP contribution in [-0.2, 0) is 0 Å². The van der Waals surface area contributed by atoms with Crippen molar-refractivity contribution < 1.29 is 0 Å². The van der Waals surface area contributed by atoms with Gasteiger partial charge in [-0.15, -0.1) is 17.9 Å². The van der Waals surface area contributed by atoms with Crippen LogP contribution in [0.5, 0.6) is 0 Å². The Kier molecular flexibility index (Phi) is 5.02. The number of nitrogens with two attached hydrogens (primary N) is 1. The molecule has 1 aromatic rings. The Morgan fingerprint density at radius 3 is 2.80 bits per heavy atom. The van der Waals surface area contributed by atoms with Crippen molar-refractivity contribution in [2.24, 2.45) is 5.73 Å². The summed E-state index contributed by atoms with van der Waals surface area (Å²) >= 11 is 1.84. The van der Waals surface area contributed by atoms with Crippen LogP contribution in [0.25, 0.3) is 0 Å². The first-order chi connectivity index (χ1) is 7.19. The van der Waals surface area contributed by atoms with Gasteiger partial charge in [0, 0.05) is 22.3 Å². The highest BCUT2D eigenvalue weighted by Gasteiger charge is 2.13. The molecule has 0 amide bonds. The Balaban J connectivity index is 2.65. The maximum absolute atomic E-state index is 5.78. The van der Waals surface area contributed by atoms with E-state index in [1.54, 1.807) is 0 Å². The fourth-order valence-electron chi connectivity index (χ4n) is 1.68. The maximum Gasteiger partial charge on any atom is 0.0455 e. The van der Waals surface area contributed by atoms with Gasteiger partial charge in [0.2, 0.25) is 0 Å². The molecular formula is C12H20N2S. The fraction of sp³-hybridized carbons (Fsp3) is 0.500. The Bertz CT molecular complexity index is 317. The van der Waals surface area contributed by atoms with Gasteiger partial charge in [0.05, 0.1) is 0 Å². The molecule has 15 heavy (non-hydrogen) atoms. The lowest BCUT2D eigenvalue weighted by Gasteiger charge is -2.16. The van der Waals surface area contributed by atoms with Crippen molar-refractivity contribution in [1.82, 2.24) is 5.32 Å². The molecule has 0 saturated carbocycles. The van der Waals surface area contributed by atoms with Crippen molar-refractivity contribution in [3.8, 4) is 0 Å². The van der Waals surface area contributed by atoms with Crippen LogP contribution in [0, 0.1) is 13.8 Å². The van der Waals surface area contributed by atoms with E-state index in [2.05, 4.69) is 31.8 Å². The summed E-state index contributed by atoms with van der Waals surface area (Å²) in [6, 6.07) is 2.52. The van der Waals surface area contributed by atoms with E-state index < -0.39 is 0 Å². The third-order valence-corrected chi connectivity index (χ3v) is 3.41. The molecule has 0 spiro atoms. The van der Waals surface area contributed by atoms with Gasteiger partial charge in [-0.25, -0.2) is 0 Å². The largest absolute Gasteiger partial charge is 0.329 e. The number of hydrogen-bond acceptors (Lipinski definition) is 3. The number of hydrogen-bond donors (Lipinski definition) is 2. The van der Waals surface area contributed by atoms with Gasteiger partial charge in [-0.2, -0.15) is 0 Å². The standard InChI is InChI=1S/C12H20N2S/c1-4-5-6-14-12(8-13)11-7-9(2)15-10(11)3/h4,7,12,14H,1,5-6,8,13H2,2-3H3. The SMILES string of the molecule is C=CCCNC(CN)c1cc(C)sc1C. The van der Waals surface area contributed by atoms with Crippen molar-refractivity contribution in [1.29, 1.82) is 0 Å². The second kappa shape index (κ2) is 6.05. The Labute approximate surface area is 96.2 Å². The van der Waals surface area contributed by atoms with Crippen molar-refractivity contribution in [2.75, 3.05) is 13.1 Å². The molecule has 0 radical (unpaired) electrons. The van der Waals surface area contributed by atoms with Crippen molar-refractivity contribution >= 4 is 11.3 Å². The van der Waals surface area contributed by atoms with Gasteiger partial charge in [-0.1, -0.05) is 6.08 Å². The van der Waals surface area contributed by atoms with E-state index in [-0.39, 0.29) is 6.04 Å². The highest BCUT2D eigenvalue weighted by molar-refractivity contribution is 7.12. The van der Waals surface area contributed by atoms with Crippen molar-refractivity contribution in [2.45, 2.75) is 26.3 Å². The molecule has 1 rings (SSSR count). The molecule has 0 fully saturated rings. The van der Waals surface area contributed by atoms with E-state index in [4.69, 9.17) is 5.73 Å². The number of aryl methyl sites for hydroxylation is 2. The summed E-state index contributed by atoms with van der Waals surface area (Å²) < 4.78 is 0. The summed E-state index contributed by atoms with van der Waals surface area (Å²) in [6.07, 6.45) is 2.91. The highest BCUT2D eigenvalue weighted by Crippen LogP contribution is 2.25. The molecule has 0 aliphatic rings. The van der Waals surface area contributed by atoms with Crippen LogP contribution in [0.1, 0.15) is 27.8 Å². The lowest BCUT2D eigenvalue weighted by atomic mass is 10.1. The molecule has 0 aliphatic heterocycles. The first kappa shape index (κ1) is 12.4. The minimum absolute atomic E-state index is 0.287. The molecule has 2 nitrogen and oxygen atoms in total. The lowest BCUT2D eigenvalue weighted by molar-refractivity contribution is 0.548. The second-order valence-corrected chi connectivity index (χ2v) is 5.15. The van der Waals surface area contributed by atoms with E-state index in [1.807, 2.05) is 17.4 Å². The van der Waals surface area contributed by atoms with Gasteiger partial charge in [0.25, 0.3) is 0 Å². The molecular weight excluding hydrogens is 204 g/mol. The van der Waals surface area contributed by atoms with Gasteiger partial charge in [0.1, 0.15) is 0 Å². The molecule has 1 unspecified atom stereocenters. The summed E-state index contributed by atoms with van der Waals surface area (Å²) in [5, 5.41) is 3.45. The Morgan fingerprint density at radius 2 is 2.33 bits per heavy atom. The smallest absolute Gasteiger partial charge is 0.0455 e. The van der Waals surface area contributed by atoms with Crippen LogP contribution >= 0.6 is 11.3 Å². The van der Waals surface area contributed by atoms with Gasteiger partial charge in [0.15, 0.2) is 0 Å². The maximum atomic E-state index is 5.78. The third-order valence-electron chi connectivity index (χ3n) is 2.43. The molecule has 1 atom stereocenters. The van der Waals surface area contributed by atoms with E-state index in [0.29, 0.717) is 6.54 Å². The molecule has 0 saturated heterocycles. The summed E-state index contributed by atoms with van der Waals surface area (Å²) in [5.41, 5.74) is 7.13. The van der Waals surface area contributed by atoms with Gasteiger partial charge in [-0.05, 0) is 38.4 Å². The van der Waals surface area contributed by atoms with E-state index in [0.717, 1.165) is 13.0 Å². The van der Waals surface area contributed by atoms with Crippen LogP contribution in [0.2, 0.25) is 0 Å². The van der Waals surface area contributed by atoms with Crippen LogP contribution in [0.15, 0.2) is 18.7 Å². The third kappa shape index (κ3) is 3.45. The number of rotatable bonds is 6. The minimum Gasteiger partial charge on any atom is -0.329 e. The molecule has 84 valence electrons. The molecule has 1 aromatic heterocycles. The van der Waals surface area contributed by atoms with Gasteiger partial charge >= 0.3 is 0 Å². The predicted molar refractivity (Wildman–Crippen MR) is 68.4 cm³/mol. The molecule has 0 aromatic carbocycles. The normalized spacial score (nSPS) is 12.7. The van der Waals surface area contributed by atoms with E-state index >= 15 is 0 Å². The molecule has 0 bridgehead atoms. The fourth-order valence-corrected chi connectivity index (χ4v) is 2.66. The molecule has 3 N–H and O–H groups in total. The molecule has 0 aliphatic carbocycles. The first-order valence-corrected chi connectivity index (χ1v) is 6.12. The average Bonchev–Trinajstić information content (AvgIpc) is 2.53. The Hall–Kier alpha value is -0.640.